The molecule has 0 unspecified atom stereocenters. The van der Waals surface area contributed by atoms with Crippen LogP contribution in [-0.4, -0.2) is 22.3 Å². The standard InChI is InChI=1S/C22H23N3O3/c26-20(24-15-16-12-17-4-1-2-6-19(17)23-14-16)7-9-22(10-8-21(27)25-22)13-18-5-3-11-28-18/h1-6,11-12,14H,7-10,13,15H2,(H,24,26)(H,25,27)/t22-/m1/s1. The van der Waals surface area contributed by atoms with Gasteiger partial charge in [0.1, 0.15) is 5.76 Å². The Labute approximate surface area is 163 Å². The highest BCUT2D eigenvalue weighted by Gasteiger charge is 2.38. The smallest absolute Gasteiger partial charge is 0.220 e. The van der Waals surface area contributed by atoms with E-state index in [1.165, 1.54) is 0 Å². The lowest BCUT2D eigenvalue weighted by molar-refractivity contribution is -0.122. The molecule has 28 heavy (non-hydrogen) atoms. The van der Waals surface area contributed by atoms with E-state index in [0.29, 0.717) is 38.6 Å². The van der Waals surface area contributed by atoms with Crippen molar-refractivity contribution < 1.29 is 14.0 Å². The first-order chi connectivity index (χ1) is 13.6. The summed E-state index contributed by atoms with van der Waals surface area (Å²) in [7, 11) is 0. The lowest BCUT2D eigenvalue weighted by Gasteiger charge is -2.28. The fraction of sp³-hybridized carbons (Fsp3) is 0.318. The molecule has 0 radical (unpaired) electrons. The van der Waals surface area contributed by atoms with Gasteiger partial charge in [-0.05, 0) is 42.7 Å². The third-order valence-corrected chi connectivity index (χ3v) is 5.30. The second kappa shape index (κ2) is 7.84. The Morgan fingerprint density at radius 1 is 1.25 bits per heavy atom. The van der Waals surface area contributed by atoms with Gasteiger partial charge in [0.25, 0.3) is 0 Å². The zero-order chi connectivity index (χ0) is 19.4. The van der Waals surface area contributed by atoms with Gasteiger partial charge in [0.2, 0.25) is 11.8 Å². The summed E-state index contributed by atoms with van der Waals surface area (Å²) in [6.45, 7) is 0.439. The molecule has 0 bridgehead atoms. The van der Waals surface area contributed by atoms with E-state index < -0.39 is 5.54 Å². The predicted molar refractivity (Wildman–Crippen MR) is 105 cm³/mol. The number of nitrogens with one attached hydrogen (secondary N) is 2. The molecule has 0 saturated carbocycles. The van der Waals surface area contributed by atoms with Crippen molar-refractivity contribution in [3.05, 3.63) is 66.2 Å². The summed E-state index contributed by atoms with van der Waals surface area (Å²) in [6.07, 6.45) is 6.17. The zero-order valence-electron chi connectivity index (χ0n) is 15.6. The second-order valence-electron chi connectivity index (χ2n) is 7.40. The second-order valence-corrected chi connectivity index (χ2v) is 7.40. The van der Waals surface area contributed by atoms with Crippen LogP contribution in [0.25, 0.3) is 10.9 Å². The molecule has 0 spiro atoms. The Morgan fingerprint density at radius 3 is 2.93 bits per heavy atom. The molecule has 1 saturated heterocycles. The third-order valence-electron chi connectivity index (χ3n) is 5.30. The van der Waals surface area contributed by atoms with Gasteiger partial charge in [-0.2, -0.15) is 0 Å². The predicted octanol–water partition coefficient (Wildman–Crippen LogP) is 3.12. The van der Waals surface area contributed by atoms with Crippen molar-refractivity contribution in [3.63, 3.8) is 0 Å². The number of nitrogens with zero attached hydrogens (tertiary/aromatic N) is 1. The van der Waals surface area contributed by atoms with Crippen LogP contribution in [0.5, 0.6) is 0 Å². The van der Waals surface area contributed by atoms with Crippen LogP contribution in [0.3, 0.4) is 0 Å². The highest BCUT2D eigenvalue weighted by Crippen LogP contribution is 2.29. The Morgan fingerprint density at radius 2 is 2.14 bits per heavy atom. The molecule has 2 amide bonds. The molecule has 0 aliphatic carbocycles. The van der Waals surface area contributed by atoms with Gasteiger partial charge < -0.3 is 15.1 Å². The normalized spacial score (nSPS) is 18.9. The number of hydrogen-bond acceptors (Lipinski definition) is 4. The average Bonchev–Trinajstić information content (AvgIpc) is 3.35. The molecule has 6 nitrogen and oxygen atoms in total. The van der Waals surface area contributed by atoms with E-state index in [-0.39, 0.29) is 11.8 Å². The van der Waals surface area contributed by atoms with Gasteiger partial charge in [-0.3, -0.25) is 14.6 Å². The van der Waals surface area contributed by atoms with Gasteiger partial charge in [-0.15, -0.1) is 0 Å². The first-order valence-electron chi connectivity index (χ1n) is 9.56. The van der Waals surface area contributed by atoms with E-state index in [1.807, 2.05) is 42.5 Å². The number of para-hydroxylation sites is 1. The summed E-state index contributed by atoms with van der Waals surface area (Å²) in [6, 6.07) is 13.7. The Balaban J connectivity index is 1.33. The van der Waals surface area contributed by atoms with Crippen LogP contribution >= 0.6 is 0 Å². The number of furan rings is 1. The third kappa shape index (κ3) is 4.22. The lowest BCUT2D eigenvalue weighted by atomic mass is 9.87. The summed E-state index contributed by atoms with van der Waals surface area (Å²) in [5, 5.41) is 7.08. The first-order valence-corrected chi connectivity index (χ1v) is 9.56. The minimum Gasteiger partial charge on any atom is -0.469 e. The molecule has 1 atom stereocenters. The highest BCUT2D eigenvalue weighted by molar-refractivity contribution is 5.81. The Bertz CT molecular complexity index is 984. The number of carbonyl (C=O) groups is 2. The van der Waals surface area contributed by atoms with Crippen molar-refractivity contribution in [3.8, 4) is 0 Å². The van der Waals surface area contributed by atoms with Gasteiger partial charge in [-0.1, -0.05) is 18.2 Å². The fourth-order valence-electron chi connectivity index (χ4n) is 3.78. The summed E-state index contributed by atoms with van der Waals surface area (Å²) in [5.74, 6) is 0.826. The number of aromatic nitrogens is 1. The maximum Gasteiger partial charge on any atom is 0.220 e. The van der Waals surface area contributed by atoms with Crippen molar-refractivity contribution in [1.82, 2.24) is 15.6 Å². The van der Waals surface area contributed by atoms with Crippen LogP contribution in [-0.2, 0) is 22.6 Å². The summed E-state index contributed by atoms with van der Waals surface area (Å²) >= 11 is 0. The quantitative estimate of drug-likeness (QED) is 0.663. The van der Waals surface area contributed by atoms with Crippen molar-refractivity contribution >= 4 is 22.7 Å². The lowest BCUT2D eigenvalue weighted by Crippen LogP contribution is -2.44. The minimum absolute atomic E-state index is 0.0341. The van der Waals surface area contributed by atoms with E-state index in [4.69, 9.17) is 4.42 Å². The minimum atomic E-state index is -0.406. The topological polar surface area (TPSA) is 84.2 Å². The number of pyridine rings is 1. The number of rotatable bonds is 7. The average molecular weight is 377 g/mol. The van der Waals surface area contributed by atoms with Gasteiger partial charge in [0.15, 0.2) is 0 Å². The maximum atomic E-state index is 12.4. The largest absolute Gasteiger partial charge is 0.469 e. The first kappa shape index (κ1) is 18.2. The van der Waals surface area contributed by atoms with E-state index in [9.17, 15) is 9.59 Å². The maximum absolute atomic E-state index is 12.4. The van der Waals surface area contributed by atoms with E-state index in [0.717, 1.165) is 22.2 Å². The number of hydrogen-bond donors (Lipinski definition) is 2. The van der Waals surface area contributed by atoms with E-state index in [2.05, 4.69) is 15.6 Å². The molecule has 6 heteroatoms. The van der Waals surface area contributed by atoms with Crippen LogP contribution in [0.1, 0.15) is 37.0 Å². The Kier molecular flexibility index (Phi) is 5.10. The summed E-state index contributed by atoms with van der Waals surface area (Å²) < 4.78 is 5.44. The molecular weight excluding hydrogens is 354 g/mol. The highest BCUT2D eigenvalue weighted by atomic mass is 16.3. The molecule has 3 aromatic rings. The van der Waals surface area contributed by atoms with Crippen LogP contribution in [0.2, 0.25) is 0 Å². The molecule has 2 aromatic heterocycles. The van der Waals surface area contributed by atoms with Gasteiger partial charge >= 0.3 is 0 Å². The number of amides is 2. The van der Waals surface area contributed by atoms with Crippen molar-refractivity contribution in [2.75, 3.05) is 0 Å². The van der Waals surface area contributed by atoms with Crippen LogP contribution in [0.15, 0.2) is 59.3 Å². The molecule has 3 heterocycles. The molecule has 2 N–H and O–H groups in total. The fourth-order valence-corrected chi connectivity index (χ4v) is 3.78. The Hall–Kier alpha value is -3.15. The molecule has 1 aromatic carbocycles. The molecule has 1 aliphatic heterocycles. The number of carbonyl (C=O) groups excluding carboxylic acids is 2. The number of fused-ring (bicyclic) bond motifs is 1. The van der Waals surface area contributed by atoms with Crippen molar-refractivity contribution in [1.29, 1.82) is 0 Å². The zero-order valence-corrected chi connectivity index (χ0v) is 15.6. The van der Waals surface area contributed by atoms with E-state index in [1.54, 1.807) is 12.5 Å². The monoisotopic (exact) mass is 377 g/mol. The summed E-state index contributed by atoms with van der Waals surface area (Å²) in [4.78, 5) is 28.6. The SMILES string of the molecule is O=C(CC[C@]1(Cc2ccco2)CCC(=O)N1)NCc1cnc2ccccc2c1. The summed E-state index contributed by atoms with van der Waals surface area (Å²) in [5.41, 5.74) is 1.50. The van der Waals surface area contributed by atoms with Crippen LogP contribution in [0.4, 0.5) is 0 Å². The molecule has 144 valence electrons. The molecule has 1 fully saturated rings. The van der Waals surface area contributed by atoms with Crippen LogP contribution < -0.4 is 10.6 Å². The van der Waals surface area contributed by atoms with Gasteiger partial charge in [-0.25, -0.2) is 0 Å². The van der Waals surface area contributed by atoms with Gasteiger partial charge in [0.05, 0.1) is 11.8 Å². The molecule has 4 rings (SSSR count). The molecular formula is C22H23N3O3. The van der Waals surface area contributed by atoms with Gasteiger partial charge in [0, 0.05) is 42.9 Å². The van der Waals surface area contributed by atoms with E-state index >= 15 is 0 Å². The van der Waals surface area contributed by atoms with Crippen molar-refractivity contribution in [2.45, 2.75) is 44.2 Å². The van der Waals surface area contributed by atoms with Crippen molar-refractivity contribution in [2.24, 2.45) is 0 Å². The van der Waals surface area contributed by atoms with Crippen LogP contribution in [0, 0.1) is 0 Å². The molecule has 1 aliphatic rings. The number of benzene rings is 1.